The fraction of sp³-hybridized carbons (Fsp3) is 0.421. The van der Waals surface area contributed by atoms with E-state index in [4.69, 9.17) is 4.52 Å². The molecule has 0 bridgehead atoms. The van der Waals surface area contributed by atoms with E-state index in [1.54, 1.807) is 6.20 Å². The maximum Gasteiger partial charge on any atom is 0.223 e. The lowest BCUT2D eigenvalue weighted by molar-refractivity contribution is 0.194. The van der Waals surface area contributed by atoms with Gasteiger partial charge in [0.2, 0.25) is 5.89 Å². The van der Waals surface area contributed by atoms with Gasteiger partial charge in [-0.05, 0) is 55.6 Å². The fourth-order valence-corrected chi connectivity index (χ4v) is 3.55. The third-order valence-electron chi connectivity index (χ3n) is 4.90. The van der Waals surface area contributed by atoms with Crippen molar-refractivity contribution >= 4 is 0 Å². The van der Waals surface area contributed by atoms with Crippen LogP contribution in [-0.4, -0.2) is 37.9 Å². The minimum absolute atomic E-state index is 0.370. The molecule has 1 aromatic carbocycles. The first kappa shape index (κ1) is 16.0. The lowest BCUT2D eigenvalue weighted by Crippen LogP contribution is -2.34. The van der Waals surface area contributed by atoms with Crippen molar-refractivity contribution in [3.63, 3.8) is 0 Å². The molecular weight excluding hydrogens is 314 g/mol. The Morgan fingerprint density at radius 3 is 2.92 bits per heavy atom. The highest BCUT2D eigenvalue weighted by atomic mass is 16.5. The highest BCUT2D eigenvalue weighted by Crippen LogP contribution is 2.26. The number of hydrogen-bond acceptors (Lipinski definition) is 5. The molecule has 3 aromatic rings. The number of nitrogens with zero attached hydrogens (tertiary/aromatic N) is 5. The number of benzene rings is 1. The van der Waals surface area contributed by atoms with Gasteiger partial charge in [0.05, 0.1) is 5.69 Å². The van der Waals surface area contributed by atoms with Gasteiger partial charge in [0, 0.05) is 38.3 Å². The number of piperidine rings is 1. The number of likely N-dealkylation sites (tertiary alicyclic amines) is 1. The first-order chi connectivity index (χ1) is 12.2. The van der Waals surface area contributed by atoms with Crippen LogP contribution in [0.3, 0.4) is 0 Å². The van der Waals surface area contributed by atoms with E-state index in [0.29, 0.717) is 11.8 Å². The summed E-state index contributed by atoms with van der Waals surface area (Å²) in [7, 11) is 0. The second-order valence-electron chi connectivity index (χ2n) is 6.81. The van der Waals surface area contributed by atoms with E-state index in [-0.39, 0.29) is 0 Å². The summed E-state index contributed by atoms with van der Waals surface area (Å²) >= 11 is 0. The highest BCUT2D eigenvalue weighted by molar-refractivity contribution is 5.39. The topological polar surface area (TPSA) is 60.0 Å². The summed E-state index contributed by atoms with van der Waals surface area (Å²) in [5.41, 5.74) is 3.76. The zero-order valence-electron chi connectivity index (χ0n) is 14.7. The van der Waals surface area contributed by atoms with Crippen LogP contribution < -0.4 is 0 Å². The average Bonchev–Trinajstić information content (AvgIpc) is 3.29. The quantitative estimate of drug-likeness (QED) is 0.731. The van der Waals surface area contributed by atoms with Crippen LogP contribution in [0.2, 0.25) is 0 Å². The van der Waals surface area contributed by atoms with Crippen LogP contribution in [0.25, 0.3) is 5.69 Å². The van der Waals surface area contributed by atoms with Crippen LogP contribution in [0.4, 0.5) is 0 Å². The van der Waals surface area contributed by atoms with Crippen molar-refractivity contribution in [2.75, 3.05) is 13.1 Å². The first-order valence-corrected chi connectivity index (χ1v) is 8.81. The number of hydrogen-bond donors (Lipinski definition) is 0. The molecule has 0 spiro atoms. The Morgan fingerprint density at radius 1 is 1.28 bits per heavy atom. The van der Waals surface area contributed by atoms with Crippen molar-refractivity contribution < 1.29 is 4.52 Å². The molecule has 0 amide bonds. The number of rotatable bonds is 4. The molecular formula is C19H23N5O. The van der Waals surface area contributed by atoms with Crippen molar-refractivity contribution in [1.29, 1.82) is 0 Å². The van der Waals surface area contributed by atoms with Gasteiger partial charge in [-0.15, -0.1) is 0 Å². The number of aryl methyl sites for hydroxylation is 2. The Kier molecular flexibility index (Phi) is 4.36. The van der Waals surface area contributed by atoms with Crippen molar-refractivity contribution in [3.8, 4) is 5.69 Å². The molecule has 2 aromatic heterocycles. The maximum atomic E-state index is 5.15. The predicted octanol–water partition coefficient (Wildman–Crippen LogP) is 3.25. The van der Waals surface area contributed by atoms with Crippen molar-refractivity contribution in [2.24, 2.45) is 0 Å². The summed E-state index contributed by atoms with van der Waals surface area (Å²) in [5, 5.41) is 8.42. The molecule has 0 radical (unpaired) electrons. The van der Waals surface area contributed by atoms with E-state index in [0.717, 1.165) is 37.6 Å². The largest absolute Gasteiger partial charge is 0.340 e. The lowest BCUT2D eigenvalue weighted by atomic mass is 9.96. The second kappa shape index (κ2) is 6.80. The van der Waals surface area contributed by atoms with Crippen molar-refractivity contribution in [1.82, 2.24) is 24.8 Å². The smallest absolute Gasteiger partial charge is 0.223 e. The Bertz CT molecular complexity index is 839. The van der Waals surface area contributed by atoms with E-state index in [2.05, 4.69) is 45.3 Å². The third-order valence-corrected chi connectivity index (χ3v) is 4.90. The van der Waals surface area contributed by atoms with Crippen molar-refractivity contribution in [3.05, 3.63) is 59.5 Å². The van der Waals surface area contributed by atoms with Gasteiger partial charge in [-0.3, -0.25) is 4.90 Å². The minimum Gasteiger partial charge on any atom is -0.340 e. The Morgan fingerprint density at radius 2 is 2.20 bits per heavy atom. The third kappa shape index (κ3) is 3.49. The Labute approximate surface area is 147 Å². The standard InChI is InChI=1S/C19H23N5O/c1-14-11-18(24-10-4-8-20-24)7-6-16(14)12-23-9-3-5-17(13-23)19-21-15(2)25-22-19/h4,6-8,10-11,17H,3,5,9,12-13H2,1-2H3. The van der Waals surface area contributed by atoms with E-state index in [9.17, 15) is 0 Å². The van der Waals surface area contributed by atoms with Crippen LogP contribution >= 0.6 is 0 Å². The van der Waals surface area contributed by atoms with Gasteiger partial charge in [-0.25, -0.2) is 4.68 Å². The highest BCUT2D eigenvalue weighted by Gasteiger charge is 2.25. The van der Waals surface area contributed by atoms with Gasteiger partial charge >= 0.3 is 0 Å². The minimum atomic E-state index is 0.370. The van der Waals surface area contributed by atoms with Crippen LogP contribution in [0.5, 0.6) is 0 Å². The van der Waals surface area contributed by atoms with Gasteiger partial charge < -0.3 is 4.52 Å². The monoisotopic (exact) mass is 337 g/mol. The molecule has 0 N–H and O–H groups in total. The summed E-state index contributed by atoms with van der Waals surface area (Å²) in [6, 6.07) is 8.50. The Balaban J connectivity index is 1.46. The van der Waals surface area contributed by atoms with Crippen LogP contribution in [0.1, 0.15) is 41.6 Å². The SMILES string of the molecule is Cc1nc(C2CCCN(Cc3ccc(-n4cccn4)cc3C)C2)no1. The summed E-state index contributed by atoms with van der Waals surface area (Å²) in [5.74, 6) is 1.87. The molecule has 0 saturated carbocycles. The number of aromatic nitrogens is 4. The van der Waals surface area contributed by atoms with E-state index >= 15 is 0 Å². The molecule has 1 aliphatic heterocycles. The Hall–Kier alpha value is -2.47. The van der Waals surface area contributed by atoms with Gasteiger partial charge in [0.1, 0.15) is 0 Å². The summed E-state index contributed by atoms with van der Waals surface area (Å²) in [6.45, 7) is 7.08. The summed E-state index contributed by atoms with van der Waals surface area (Å²) < 4.78 is 7.05. The molecule has 1 saturated heterocycles. The molecule has 25 heavy (non-hydrogen) atoms. The zero-order chi connectivity index (χ0) is 17.2. The van der Waals surface area contributed by atoms with Gasteiger partial charge in [0.25, 0.3) is 0 Å². The normalized spacial score (nSPS) is 18.6. The molecule has 6 nitrogen and oxygen atoms in total. The van der Waals surface area contributed by atoms with Crippen LogP contribution in [0.15, 0.2) is 41.2 Å². The predicted molar refractivity (Wildman–Crippen MR) is 94.6 cm³/mol. The van der Waals surface area contributed by atoms with E-state index in [1.165, 1.54) is 17.5 Å². The molecule has 3 heterocycles. The van der Waals surface area contributed by atoms with Gasteiger partial charge in [0.15, 0.2) is 5.82 Å². The average molecular weight is 337 g/mol. The molecule has 6 heteroatoms. The van der Waals surface area contributed by atoms with Crippen LogP contribution in [0, 0.1) is 13.8 Å². The first-order valence-electron chi connectivity index (χ1n) is 8.81. The van der Waals surface area contributed by atoms with Gasteiger partial charge in [-0.1, -0.05) is 11.2 Å². The summed E-state index contributed by atoms with van der Waals surface area (Å²) in [6.07, 6.45) is 6.07. The van der Waals surface area contributed by atoms with Crippen LogP contribution in [-0.2, 0) is 6.54 Å². The van der Waals surface area contributed by atoms with E-state index in [1.807, 2.05) is 23.9 Å². The molecule has 1 unspecified atom stereocenters. The lowest BCUT2D eigenvalue weighted by Gasteiger charge is -2.31. The summed E-state index contributed by atoms with van der Waals surface area (Å²) in [4.78, 5) is 6.92. The molecule has 1 aliphatic rings. The molecule has 4 rings (SSSR count). The molecule has 1 atom stereocenters. The maximum absolute atomic E-state index is 5.15. The van der Waals surface area contributed by atoms with Crippen molar-refractivity contribution in [2.45, 2.75) is 39.2 Å². The zero-order valence-corrected chi connectivity index (χ0v) is 14.7. The molecule has 1 fully saturated rings. The second-order valence-corrected chi connectivity index (χ2v) is 6.81. The fourth-order valence-electron chi connectivity index (χ4n) is 3.55. The molecule has 0 aliphatic carbocycles. The van der Waals surface area contributed by atoms with Gasteiger partial charge in [-0.2, -0.15) is 10.1 Å². The molecule has 130 valence electrons. The van der Waals surface area contributed by atoms with E-state index < -0.39 is 0 Å².